The predicted octanol–water partition coefficient (Wildman–Crippen LogP) is 6.63. The molecule has 0 bridgehead atoms. The molecule has 1 amide bonds. The molecule has 0 saturated carbocycles. The lowest BCUT2D eigenvalue weighted by atomic mass is 9.83. The van der Waals surface area contributed by atoms with E-state index in [2.05, 4.69) is 49.0 Å². The van der Waals surface area contributed by atoms with Crippen molar-refractivity contribution in [2.45, 2.75) is 45.9 Å². The van der Waals surface area contributed by atoms with Gasteiger partial charge < -0.3 is 19.5 Å². The van der Waals surface area contributed by atoms with Gasteiger partial charge in [-0.25, -0.2) is 4.98 Å². The Kier molecular flexibility index (Phi) is 8.16. The number of rotatable bonds is 6. The number of halogens is 2. The van der Waals surface area contributed by atoms with Crippen molar-refractivity contribution in [2.24, 2.45) is 0 Å². The highest BCUT2D eigenvalue weighted by molar-refractivity contribution is 7.80. The summed E-state index contributed by atoms with van der Waals surface area (Å²) in [7, 11) is 0.693. The van der Waals surface area contributed by atoms with Gasteiger partial charge in [-0.2, -0.15) is 0 Å². The number of thiocarbonyl (C=S) groups is 1. The van der Waals surface area contributed by atoms with E-state index < -0.39 is 14.9 Å². The number of pyridine rings is 1. The van der Waals surface area contributed by atoms with Crippen molar-refractivity contribution in [1.29, 1.82) is 0 Å². The van der Waals surface area contributed by atoms with Gasteiger partial charge in [0.15, 0.2) is 14.2 Å². The third kappa shape index (κ3) is 5.63. The van der Waals surface area contributed by atoms with Gasteiger partial charge in [-0.05, 0) is 48.9 Å². The first-order valence-corrected chi connectivity index (χ1v) is 16.2. The summed E-state index contributed by atoms with van der Waals surface area (Å²) in [5.41, 5.74) is 4.21. The number of nitrogens with one attached hydrogen (secondary N) is 1. The molecule has 6 nitrogen and oxygen atoms in total. The minimum Gasteiger partial charge on any atom is -0.415 e. The van der Waals surface area contributed by atoms with E-state index in [1.807, 2.05) is 25.2 Å². The van der Waals surface area contributed by atoms with E-state index in [0.717, 1.165) is 40.5 Å². The maximum atomic E-state index is 13.3. The predicted molar refractivity (Wildman–Crippen MR) is 161 cm³/mol. The number of para-hydroxylation sites is 1. The number of fused-ring (bicyclic) bond motifs is 1. The molecule has 196 valence electrons. The van der Waals surface area contributed by atoms with Crippen LogP contribution >= 0.6 is 35.4 Å². The summed E-state index contributed by atoms with van der Waals surface area (Å²) >= 11 is 18.5. The van der Waals surface area contributed by atoms with Crippen LogP contribution in [0, 0.1) is 0 Å². The summed E-state index contributed by atoms with van der Waals surface area (Å²) in [6.07, 6.45) is 0. The van der Waals surface area contributed by atoms with Crippen molar-refractivity contribution in [3.63, 3.8) is 0 Å². The van der Waals surface area contributed by atoms with Crippen LogP contribution in [0.1, 0.15) is 42.4 Å². The van der Waals surface area contributed by atoms with Crippen LogP contribution in [0.4, 0.5) is 11.4 Å². The quantitative estimate of drug-likeness (QED) is 0.263. The number of carbonyl (C=O) groups is 1. The molecule has 10 heteroatoms. The topological polar surface area (TPSA) is 57.7 Å². The summed E-state index contributed by atoms with van der Waals surface area (Å²) in [6, 6.07) is 10.8. The van der Waals surface area contributed by atoms with Crippen LogP contribution in [0.5, 0.6) is 0 Å². The Morgan fingerprint density at radius 3 is 2.35 bits per heavy atom. The fourth-order valence-corrected chi connectivity index (χ4v) is 5.93. The second-order valence-electron chi connectivity index (χ2n) is 10.5. The third-order valence-corrected chi connectivity index (χ3v) is 8.29. The van der Waals surface area contributed by atoms with Gasteiger partial charge in [0.25, 0.3) is 5.91 Å². The second kappa shape index (κ2) is 10.9. The van der Waals surface area contributed by atoms with Crippen LogP contribution in [0.2, 0.25) is 23.1 Å². The highest BCUT2D eigenvalue weighted by Gasteiger charge is 2.33. The van der Waals surface area contributed by atoms with Crippen LogP contribution in [-0.2, 0) is 16.4 Å². The maximum Gasteiger partial charge on any atom is 0.258 e. The fraction of sp³-hybridized carbons (Fsp3) is 0.370. The first-order valence-electron chi connectivity index (χ1n) is 12.3. The molecule has 0 aliphatic carbocycles. The van der Waals surface area contributed by atoms with Crippen LogP contribution in [0.3, 0.4) is 0 Å². The molecule has 2 heterocycles. The molecule has 1 fully saturated rings. The number of aromatic nitrogens is 1. The minimum absolute atomic E-state index is 0.227. The van der Waals surface area contributed by atoms with Crippen molar-refractivity contribution in [3.05, 3.63) is 63.3 Å². The summed E-state index contributed by atoms with van der Waals surface area (Å²) < 4.78 is 6.19. The van der Waals surface area contributed by atoms with Gasteiger partial charge in [-0.1, -0.05) is 62.2 Å². The Hall–Kier alpha value is -2.23. The standard InChI is InChI=1S/C27H32Cl2N4O2SSi/c1-27(2,3)22-20(15-35-37(5)6)30-23-16(24(22)33-14-13-32(4)26(33)36)9-7-12-19(23)31-25(34)21-17(28)10-8-11-18(21)29/h7-12,37H,13-15H2,1-6H3,(H,31,34). The van der Waals surface area contributed by atoms with E-state index in [4.69, 9.17) is 44.8 Å². The molecule has 0 atom stereocenters. The first-order chi connectivity index (χ1) is 17.4. The van der Waals surface area contributed by atoms with Crippen LogP contribution < -0.4 is 10.2 Å². The van der Waals surface area contributed by atoms with E-state index >= 15 is 0 Å². The van der Waals surface area contributed by atoms with E-state index in [1.165, 1.54) is 0 Å². The molecule has 1 aromatic heterocycles. The summed E-state index contributed by atoms with van der Waals surface area (Å²) in [4.78, 5) is 22.7. The number of carbonyl (C=O) groups excluding carboxylic acids is 1. The number of nitrogens with zero attached hydrogens (tertiary/aromatic N) is 3. The number of likely N-dealkylation sites (N-methyl/N-ethyl adjacent to an activating group) is 1. The maximum absolute atomic E-state index is 13.3. The zero-order valence-corrected chi connectivity index (χ0v) is 25.5. The van der Waals surface area contributed by atoms with E-state index in [0.29, 0.717) is 17.8 Å². The summed E-state index contributed by atoms with van der Waals surface area (Å²) in [5, 5.41) is 5.26. The van der Waals surface area contributed by atoms with Crippen LogP contribution in [0.15, 0.2) is 36.4 Å². The number of benzene rings is 2. The molecule has 1 saturated heterocycles. The van der Waals surface area contributed by atoms with Gasteiger partial charge in [-0.3, -0.25) is 4.79 Å². The molecule has 0 unspecified atom stereocenters. The molecular weight excluding hydrogens is 543 g/mol. The molecule has 3 aromatic rings. The molecule has 0 radical (unpaired) electrons. The van der Waals surface area contributed by atoms with Gasteiger partial charge >= 0.3 is 0 Å². The van der Waals surface area contributed by atoms with E-state index in [-0.39, 0.29) is 21.0 Å². The van der Waals surface area contributed by atoms with Gasteiger partial charge in [0.1, 0.15) is 0 Å². The van der Waals surface area contributed by atoms with Crippen molar-refractivity contribution < 1.29 is 9.22 Å². The molecule has 37 heavy (non-hydrogen) atoms. The Labute approximate surface area is 235 Å². The lowest BCUT2D eigenvalue weighted by Crippen LogP contribution is -2.32. The molecular formula is C27H32Cl2N4O2SSi. The van der Waals surface area contributed by atoms with Crippen molar-refractivity contribution >= 4 is 77.8 Å². The SMILES string of the molecule is CN1CCN(c2c(C(C)(C)C)c(CO[SiH](C)C)nc3c(NC(=O)c4c(Cl)cccc4Cl)cccc23)C1=S. The summed E-state index contributed by atoms with van der Waals surface area (Å²) in [6.45, 7) is 12.8. The van der Waals surface area contributed by atoms with Crippen molar-refractivity contribution in [2.75, 3.05) is 30.4 Å². The number of anilines is 2. The minimum atomic E-state index is -1.32. The van der Waals surface area contributed by atoms with Gasteiger partial charge in [-0.15, -0.1) is 0 Å². The average molecular weight is 576 g/mol. The van der Waals surface area contributed by atoms with Gasteiger partial charge in [0, 0.05) is 31.1 Å². The second-order valence-corrected chi connectivity index (χ2v) is 14.1. The molecule has 1 aliphatic rings. The highest BCUT2D eigenvalue weighted by Crippen LogP contribution is 2.42. The lowest BCUT2D eigenvalue weighted by molar-refractivity contribution is 0.102. The molecule has 0 spiro atoms. The number of hydrogen-bond donors (Lipinski definition) is 1. The molecule has 2 aromatic carbocycles. The third-order valence-electron chi connectivity index (χ3n) is 6.29. The largest absolute Gasteiger partial charge is 0.415 e. The average Bonchev–Trinajstić information content (AvgIpc) is 3.14. The lowest BCUT2D eigenvalue weighted by Gasteiger charge is -2.32. The Bertz CT molecular complexity index is 1360. The van der Waals surface area contributed by atoms with E-state index in [9.17, 15) is 4.79 Å². The Morgan fingerprint density at radius 1 is 1.14 bits per heavy atom. The number of amides is 1. The van der Waals surface area contributed by atoms with Gasteiger partial charge in [0.2, 0.25) is 0 Å². The monoisotopic (exact) mass is 574 g/mol. The zero-order chi connectivity index (χ0) is 27.1. The normalized spacial score (nSPS) is 14.2. The van der Waals surface area contributed by atoms with Crippen LogP contribution in [0.25, 0.3) is 10.9 Å². The highest BCUT2D eigenvalue weighted by atomic mass is 35.5. The zero-order valence-electron chi connectivity index (χ0n) is 22.0. The van der Waals surface area contributed by atoms with Crippen LogP contribution in [-0.4, -0.2) is 50.1 Å². The Morgan fingerprint density at radius 2 is 1.78 bits per heavy atom. The van der Waals surface area contributed by atoms with Crippen molar-refractivity contribution in [1.82, 2.24) is 9.88 Å². The van der Waals surface area contributed by atoms with Gasteiger partial charge in [0.05, 0.1) is 44.8 Å². The fourth-order valence-electron chi connectivity index (χ4n) is 4.59. The molecule has 1 aliphatic heterocycles. The van der Waals surface area contributed by atoms with E-state index in [1.54, 1.807) is 18.2 Å². The summed E-state index contributed by atoms with van der Waals surface area (Å²) in [5.74, 6) is -0.393. The Balaban J connectivity index is 1.96. The van der Waals surface area contributed by atoms with Crippen molar-refractivity contribution in [3.8, 4) is 0 Å². The number of hydrogen-bond acceptors (Lipinski definition) is 4. The molecule has 4 rings (SSSR count). The smallest absolute Gasteiger partial charge is 0.258 e. The molecule has 1 N–H and O–H groups in total. The first kappa shape index (κ1) is 27.8.